The van der Waals surface area contributed by atoms with E-state index >= 15 is 0 Å². The molecule has 2 atom stereocenters. The van der Waals surface area contributed by atoms with Crippen LogP contribution < -0.4 is 5.32 Å². The number of nitrogens with one attached hydrogen (secondary N) is 1. The molecule has 0 aromatic carbocycles. The Morgan fingerprint density at radius 2 is 2.19 bits per heavy atom. The summed E-state index contributed by atoms with van der Waals surface area (Å²) in [5.74, 6) is -1.50. The van der Waals surface area contributed by atoms with Gasteiger partial charge < -0.3 is 25.0 Å². The molecule has 2 saturated heterocycles. The van der Waals surface area contributed by atoms with Crippen LogP contribution in [0.3, 0.4) is 0 Å². The fraction of sp³-hybridized carbons (Fsp3) is 0.769. The number of nitrogens with zero attached hydrogens (tertiary/aromatic N) is 2. The van der Waals surface area contributed by atoms with E-state index < -0.39 is 17.9 Å². The van der Waals surface area contributed by atoms with Crippen LogP contribution in [-0.2, 0) is 14.3 Å². The van der Waals surface area contributed by atoms with Gasteiger partial charge in [-0.1, -0.05) is 6.92 Å². The van der Waals surface area contributed by atoms with Crippen LogP contribution in [0.4, 0.5) is 4.79 Å². The lowest BCUT2D eigenvalue weighted by Gasteiger charge is -2.40. The van der Waals surface area contributed by atoms with Gasteiger partial charge in [0, 0.05) is 26.2 Å². The second-order valence-electron chi connectivity index (χ2n) is 5.23. The van der Waals surface area contributed by atoms with Crippen LogP contribution in [0.5, 0.6) is 0 Å². The van der Waals surface area contributed by atoms with E-state index in [-0.39, 0.29) is 18.6 Å². The molecule has 0 radical (unpaired) electrons. The van der Waals surface area contributed by atoms with E-state index in [1.165, 1.54) is 4.90 Å². The second-order valence-corrected chi connectivity index (χ2v) is 5.23. The Balaban J connectivity index is 2.07. The van der Waals surface area contributed by atoms with Gasteiger partial charge in [-0.05, 0) is 6.42 Å². The lowest BCUT2D eigenvalue weighted by molar-refractivity contribution is -0.142. The van der Waals surface area contributed by atoms with Gasteiger partial charge in [0.05, 0.1) is 19.1 Å². The van der Waals surface area contributed by atoms with Crippen molar-refractivity contribution in [1.29, 1.82) is 0 Å². The molecule has 8 nitrogen and oxygen atoms in total. The maximum atomic E-state index is 12.6. The Hall–Kier alpha value is -1.83. The van der Waals surface area contributed by atoms with Gasteiger partial charge in [-0.2, -0.15) is 0 Å². The predicted molar refractivity (Wildman–Crippen MR) is 72.8 cm³/mol. The van der Waals surface area contributed by atoms with E-state index in [9.17, 15) is 14.4 Å². The number of carboxylic acid groups (broad SMARTS) is 1. The van der Waals surface area contributed by atoms with Gasteiger partial charge in [-0.15, -0.1) is 0 Å². The number of rotatable bonds is 3. The van der Waals surface area contributed by atoms with Crippen molar-refractivity contribution in [2.24, 2.45) is 0 Å². The monoisotopic (exact) mass is 299 g/mol. The molecule has 118 valence electrons. The smallest absolute Gasteiger partial charge is 0.320 e. The summed E-state index contributed by atoms with van der Waals surface area (Å²) in [5, 5.41) is 11.5. The molecule has 8 heteroatoms. The Morgan fingerprint density at radius 1 is 1.43 bits per heavy atom. The number of carboxylic acids is 1. The summed E-state index contributed by atoms with van der Waals surface area (Å²) in [6.45, 7) is 4.08. The van der Waals surface area contributed by atoms with Crippen molar-refractivity contribution in [3.63, 3.8) is 0 Å². The second kappa shape index (κ2) is 6.75. The van der Waals surface area contributed by atoms with Crippen molar-refractivity contribution in [3.05, 3.63) is 0 Å². The Bertz CT molecular complexity index is 428. The number of morpholine rings is 1. The zero-order chi connectivity index (χ0) is 15.4. The molecule has 2 N–H and O–H groups in total. The van der Waals surface area contributed by atoms with Crippen LogP contribution in [-0.4, -0.2) is 77.7 Å². The van der Waals surface area contributed by atoms with E-state index in [0.717, 1.165) is 6.42 Å². The molecule has 2 aliphatic rings. The number of amides is 3. The SMILES string of the molecule is CCC1CN(C(=O)N2CCNC(=O)C2CC(=O)O)CCO1. The zero-order valence-electron chi connectivity index (χ0n) is 12.1. The molecule has 2 unspecified atom stereocenters. The highest BCUT2D eigenvalue weighted by Gasteiger charge is 2.37. The molecule has 0 bridgehead atoms. The fourth-order valence-corrected chi connectivity index (χ4v) is 2.63. The van der Waals surface area contributed by atoms with Crippen LogP contribution in [0, 0.1) is 0 Å². The maximum absolute atomic E-state index is 12.6. The van der Waals surface area contributed by atoms with Crippen LogP contribution >= 0.6 is 0 Å². The summed E-state index contributed by atoms with van der Waals surface area (Å²) in [7, 11) is 0. The number of ether oxygens (including phenoxy) is 1. The first-order chi connectivity index (χ1) is 10.0. The quantitative estimate of drug-likeness (QED) is 0.731. The van der Waals surface area contributed by atoms with Gasteiger partial charge >= 0.3 is 12.0 Å². The molecule has 3 amide bonds. The summed E-state index contributed by atoms with van der Waals surface area (Å²) in [6.07, 6.45) is 0.432. The van der Waals surface area contributed by atoms with E-state index in [1.54, 1.807) is 4.90 Å². The van der Waals surface area contributed by atoms with Crippen LogP contribution in [0.1, 0.15) is 19.8 Å². The average Bonchev–Trinajstić information content (AvgIpc) is 2.48. The van der Waals surface area contributed by atoms with Crippen molar-refractivity contribution < 1.29 is 24.2 Å². The standard InChI is InChI=1S/C13H21N3O5/c1-2-9-8-15(5-6-21-9)13(20)16-4-3-14-12(19)10(16)7-11(17)18/h9-10H,2-8H2,1H3,(H,14,19)(H,17,18). The van der Waals surface area contributed by atoms with E-state index in [2.05, 4.69) is 5.32 Å². The third-order valence-corrected chi connectivity index (χ3v) is 3.81. The molecule has 2 fully saturated rings. The highest BCUT2D eigenvalue weighted by molar-refractivity contribution is 5.91. The number of carbonyl (C=O) groups excluding carboxylic acids is 2. The lowest BCUT2D eigenvalue weighted by atomic mass is 10.1. The average molecular weight is 299 g/mol. The van der Waals surface area contributed by atoms with Crippen molar-refractivity contribution in [2.45, 2.75) is 31.9 Å². The largest absolute Gasteiger partial charge is 0.481 e. The normalized spacial score (nSPS) is 26.4. The van der Waals surface area contributed by atoms with E-state index in [4.69, 9.17) is 9.84 Å². The van der Waals surface area contributed by atoms with Crippen LogP contribution in [0.15, 0.2) is 0 Å². The minimum atomic E-state index is -1.09. The number of urea groups is 1. The summed E-state index contributed by atoms with van der Waals surface area (Å²) in [4.78, 5) is 38.3. The number of hydrogen-bond acceptors (Lipinski definition) is 4. The molecule has 2 aliphatic heterocycles. The van der Waals surface area contributed by atoms with Gasteiger partial charge in [-0.3, -0.25) is 9.59 Å². The van der Waals surface area contributed by atoms with Gasteiger partial charge in [0.2, 0.25) is 5.91 Å². The molecule has 0 aromatic heterocycles. The van der Waals surface area contributed by atoms with Crippen molar-refractivity contribution in [3.8, 4) is 0 Å². The lowest BCUT2D eigenvalue weighted by Crippen LogP contribution is -2.62. The molecule has 0 spiro atoms. The van der Waals surface area contributed by atoms with Crippen molar-refractivity contribution in [2.75, 3.05) is 32.8 Å². The minimum absolute atomic E-state index is 0.000703. The third-order valence-electron chi connectivity index (χ3n) is 3.81. The number of aliphatic carboxylic acids is 1. The van der Waals surface area contributed by atoms with Crippen LogP contribution in [0.2, 0.25) is 0 Å². The number of hydrogen-bond donors (Lipinski definition) is 2. The molecular formula is C13H21N3O5. The molecule has 2 heterocycles. The van der Waals surface area contributed by atoms with Crippen molar-refractivity contribution >= 4 is 17.9 Å². The summed E-state index contributed by atoms with van der Waals surface area (Å²) in [6, 6.07) is -1.22. The van der Waals surface area contributed by atoms with Gasteiger partial charge in [0.15, 0.2) is 0 Å². The van der Waals surface area contributed by atoms with Gasteiger partial charge in [0.25, 0.3) is 0 Å². The first-order valence-electron chi connectivity index (χ1n) is 7.19. The summed E-state index contributed by atoms with van der Waals surface area (Å²) >= 11 is 0. The highest BCUT2D eigenvalue weighted by atomic mass is 16.5. The Morgan fingerprint density at radius 3 is 2.86 bits per heavy atom. The molecule has 0 aliphatic carbocycles. The number of piperazine rings is 1. The summed E-state index contributed by atoms with van der Waals surface area (Å²) in [5.41, 5.74) is 0. The molecule has 0 saturated carbocycles. The van der Waals surface area contributed by atoms with Gasteiger partial charge in [0.1, 0.15) is 6.04 Å². The fourth-order valence-electron chi connectivity index (χ4n) is 2.63. The molecule has 0 aromatic rings. The zero-order valence-corrected chi connectivity index (χ0v) is 12.1. The predicted octanol–water partition coefficient (Wildman–Crippen LogP) is -0.508. The molecule has 21 heavy (non-hydrogen) atoms. The molecular weight excluding hydrogens is 278 g/mol. The van der Waals surface area contributed by atoms with Crippen molar-refractivity contribution in [1.82, 2.24) is 15.1 Å². The molecule has 2 rings (SSSR count). The first-order valence-corrected chi connectivity index (χ1v) is 7.19. The minimum Gasteiger partial charge on any atom is -0.481 e. The number of carbonyl (C=O) groups is 3. The van der Waals surface area contributed by atoms with E-state index in [0.29, 0.717) is 32.8 Å². The topological polar surface area (TPSA) is 99.2 Å². The van der Waals surface area contributed by atoms with Crippen LogP contribution in [0.25, 0.3) is 0 Å². The highest BCUT2D eigenvalue weighted by Crippen LogP contribution is 2.15. The third kappa shape index (κ3) is 3.63. The first kappa shape index (κ1) is 15.6. The Labute approximate surface area is 123 Å². The van der Waals surface area contributed by atoms with Gasteiger partial charge in [-0.25, -0.2) is 4.79 Å². The van der Waals surface area contributed by atoms with E-state index in [1.807, 2.05) is 6.92 Å². The Kier molecular flexibility index (Phi) is 5.00. The summed E-state index contributed by atoms with van der Waals surface area (Å²) < 4.78 is 5.52. The maximum Gasteiger partial charge on any atom is 0.320 e.